The van der Waals surface area contributed by atoms with Crippen molar-refractivity contribution in [2.45, 2.75) is 25.4 Å². The van der Waals surface area contributed by atoms with Gasteiger partial charge in [0.05, 0.1) is 0 Å². The van der Waals surface area contributed by atoms with E-state index in [1.54, 1.807) is 14.2 Å². The lowest BCUT2D eigenvalue weighted by atomic mass is 10.4. The van der Waals surface area contributed by atoms with Crippen LogP contribution in [0.3, 0.4) is 0 Å². The van der Waals surface area contributed by atoms with Crippen LogP contribution < -0.4 is 0 Å². The van der Waals surface area contributed by atoms with Gasteiger partial charge < -0.3 is 8.85 Å². The Balaban J connectivity index is 3.51. The molecule has 0 aromatic carbocycles. The molecular formula is C7H18O2SSi. The van der Waals surface area contributed by atoms with Gasteiger partial charge in [-0.15, -0.1) is 0 Å². The van der Waals surface area contributed by atoms with Gasteiger partial charge in [0.15, 0.2) is 0 Å². The van der Waals surface area contributed by atoms with Crippen molar-refractivity contribution in [3.05, 3.63) is 0 Å². The van der Waals surface area contributed by atoms with Gasteiger partial charge in [-0.05, 0) is 24.8 Å². The molecule has 0 fully saturated rings. The van der Waals surface area contributed by atoms with Crippen molar-refractivity contribution in [3.63, 3.8) is 0 Å². The van der Waals surface area contributed by atoms with Gasteiger partial charge in [-0.2, -0.15) is 12.6 Å². The SMILES string of the molecule is CO[Si](C)(CCCCS)OC. The predicted molar refractivity (Wildman–Crippen MR) is 53.5 cm³/mol. The Morgan fingerprint density at radius 1 is 1.18 bits per heavy atom. The van der Waals surface area contributed by atoms with Crippen LogP contribution >= 0.6 is 12.6 Å². The van der Waals surface area contributed by atoms with Crippen LogP contribution in [0.2, 0.25) is 12.6 Å². The largest absolute Gasteiger partial charge is 0.398 e. The second kappa shape index (κ2) is 6.05. The van der Waals surface area contributed by atoms with E-state index >= 15 is 0 Å². The average Bonchev–Trinajstić information content (AvgIpc) is 2.05. The summed E-state index contributed by atoms with van der Waals surface area (Å²) in [4.78, 5) is 0. The summed E-state index contributed by atoms with van der Waals surface area (Å²) in [6, 6.07) is 1.07. The van der Waals surface area contributed by atoms with Gasteiger partial charge in [-0.1, -0.05) is 6.42 Å². The van der Waals surface area contributed by atoms with E-state index in [2.05, 4.69) is 19.2 Å². The van der Waals surface area contributed by atoms with Crippen molar-refractivity contribution < 1.29 is 8.85 Å². The maximum absolute atomic E-state index is 5.33. The molecule has 0 saturated heterocycles. The van der Waals surface area contributed by atoms with Crippen molar-refractivity contribution in [3.8, 4) is 0 Å². The molecule has 0 aliphatic carbocycles. The molecule has 0 saturated carbocycles. The van der Waals surface area contributed by atoms with E-state index in [9.17, 15) is 0 Å². The third-order valence-corrected chi connectivity index (χ3v) is 5.21. The second-order valence-corrected chi connectivity index (χ2v) is 6.75. The third-order valence-electron chi connectivity index (χ3n) is 1.90. The highest BCUT2D eigenvalue weighted by Crippen LogP contribution is 2.14. The molecule has 4 heteroatoms. The minimum Gasteiger partial charge on any atom is -0.398 e. The molecule has 0 rings (SSSR count). The maximum atomic E-state index is 5.33. The second-order valence-electron chi connectivity index (χ2n) is 2.72. The van der Waals surface area contributed by atoms with Gasteiger partial charge in [0.25, 0.3) is 0 Å². The minimum absolute atomic E-state index is 0.956. The van der Waals surface area contributed by atoms with E-state index in [0.717, 1.165) is 24.6 Å². The van der Waals surface area contributed by atoms with Crippen LogP contribution in [0, 0.1) is 0 Å². The molecule has 0 aromatic heterocycles. The van der Waals surface area contributed by atoms with E-state index in [1.807, 2.05) is 0 Å². The number of thiol groups is 1. The molecule has 0 bridgehead atoms. The molecule has 0 aliphatic rings. The molecule has 0 atom stereocenters. The van der Waals surface area contributed by atoms with Gasteiger partial charge in [-0.3, -0.25) is 0 Å². The van der Waals surface area contributed by atoms with Gasteiger partial charge in [0, 0.05) is 14.2 Å². The van der Waals surface area contributed by atoms with Crippen molar-refractivity contribution in [1.29, 1.82) is 0 Å². The number of hydrogen-bond donors (Lipinski definition) is 1. The molecule has 0 radical (unpaired) electrons. The van der Waals surface area contributed by atoms with E-state index in [-0.39, 0.29) is 0 Å². The van der Waals surface area contributed by atoms with Crippen LogP contribution in [0.4, 0.5) is 0 Å². The smallest absolute Gasteiger partial charge is 0.334 e. The first-order valence-corrected chi connectivity index (χ1v) is 7.05. The van der Waals surface area contributed by atoms with E-state index in [4.69, 9.17) is 8.85 Å². The molecule has 0 aliphatic heterocycles. The van der Waals surface area contributed by atoms with Crippen LogP contribution in [0.5, 0.6) is 0 Å². The molecule has 0 N–H and O–H groups in total. The predicted octanol–water partition coefficient (Wildman–Crippen LogP) is 2.06. The maximum Gasteiger partial charge on any atom is 0.334 e. The summed E-state index contributed by atoms with van der Waals surface area (Å²) in [5.41, 5.74) is 0. The fourth-order valence-electron chi connectivity index (χ4n) is 0.845. The van der Waals surface area contributed by atoms with E-state index < -0.39 is 8.56 Å². The molecule has 0 heterocycles. The normalized spacial score (nSPS) is 12.0. The van der Waals surface area contributed by atoms with Crippen molar-refractivity contribution >= 4 is 21.2 Å². The van der Waals surface area contributed by atoms with Crippen molar-refractivity contribution in [2.75, 3.05) is 20.0 Å². The van der Waals surface area contributed by atoms with Gasteiger partial charge >= 0.3 is 8.56 Å². The Bertz CT molecular complexity index is 96.4. The van der Waals surface area contributed by atoms with Gasteiger partial charge in [0.2, 0.25) is 0 Å². The van der Waals surface area contributed by atoms with Crippen LogP contribution in [-0.4, -0.2) is 28.5 Å². The zero-order valence-corrected chi connectivity index (χ0v) is 9.49. The monoisotopic (exact) mass is 194 g/mol. The molecule has 0 unspecified atom stereocenters. The lowest BCUT2D eigenvalue weighted by molar-refractivity contribution is 0.248. The first-order valence-electron chi connectivity index (χ1n) is 3.89. The van der Waals surface area contributed by atoms with Crippen molar-refractivity contribution in [1.82, 2.24) is 0 Å². The van der Waals surface area contributed by atoms with Crippen LogP contribution in [0.1, 0.15) is 12.8 Å². The topological polar surface area (TPSA) is 18.5 Å². The van der Waals surface area contributed by atoms with E-state index in [0.29, 0.717) is 0 Å². The van der Waals surface area contributed by atoms with Crippen LogP contribution in [-0.2, 0) is 8.85 Å². The van der Waals surface area contributed by atoms with Crippen LogP contribution in [0.15, 0.2) is 0 Å². The molecule has 11 heavy (non-hydrogen) atoms. The Kier molecular flexibility index (Phi) is 6.32. The Labute approximate surface area is 75.9 Å². The van der Waals surface area contributed by atoms with Gasteiger partial charge in [0.1, 0.15) is 0 Å². The highest BCUT2D eigenvalue weighted by atomic mass is 32.1. The zero-order chi connectivity index (χ0) is 8.74. The first kappa shape index (κ1) is 11.5. The Morgan fingerprint density at radius 3 is 2.09 bits per heavy atom. The molecule has 0 aromatic rings. The summed E-state index contributed by atoms with van der Waals surface area (Å²) in [7, 11) is 1.70. The fourth-order valence-corrected chi connectivity index (χ4v) is 2.54. The summed E-state index contributed by atoms with van der Waals surface area (Å²) < 4.78 is 10.7. The summed E-state index contributed by atoms with van der Waals surface area (Å²) in [6.07, 6.45) is 2.31. The molecule has 2 nitrogen and oxygen atoms in total. The molecule has 0 amide bonds. The third kappa shape index (κ3) is 4.84. The first-order chi connectivity index (χ1) is 5.18. The summed E-state index contributed by atoms with van der Waals surface area (Å²) >= 11 is 4.14. The summed E-state index contributed by atoms with van der Waals surface area (Å²) in [5.74, 6) is 0.956. The molecule has 0 spiro atoms. The highest BCUT2D eigenvalue weighted by Gasteiger charge is 2.27. The zero-order valence-electron chi connectivity index (χ0n) is 7.59. The standard InChI is InChI=1S/C7H18O2SSi/c1-8-11(3,9-2)7-5-4-6-10/h10H,4-7H2,1-3H3. The number of hydrogen-bond acceptors (Lipinski definition) is 3. The molecular weight excluding hydrogens is 176 g/mol. The highest BCUT2D eigenvalue weighted by molar-refractivity contribution is 7.80. The summed E-state index contributed by atoms with van der Waals surface area (Å²) in [6.45, 7) is 2.09. The van der Waals surface area contributed by atoms with Crippen molar-refractivity contribution in [2.24, 2.45) is 0 Å². The quantitative estimate of drug-likeness (QED) is 0.396. The molecule has 68 valence electrons. The lowest BCUT2D eigenvalue weighted by Crippen LogP contribution is -2.35. The lowest BCUT2D eigenvalue weighted by Gasteiger charge is -2.22. The average molecular weight is 194 g/mol. The minimum atomic E-state index is -1.77. The van der Waals surface area contributed by atoms with Gasteiger partial charge in [-0.25, -0.2) is 0 Å². The Hall–Kier alpha value is 0.487. The van der Waals surface area contributed by atoms with E-state index in [1.165, 1.54) is 0 Å². The number of rotatable bonds is 6. The number of unbranched alkanes of at least 4 members (excludes halogenated alkanes) is 1. The summed E-state index contributed by atoms with van der Waals surface area (Å²) in [5, 5.41) is 0. The van der Waals surface area contributed by atoms with Crippen LogP contribution in [0.25, 0.3) is 0 Å². The Morgan fingerprint density at radius 2 is 1.73 bits per heavy atom. The fraction of sp³-hybridized carbons (Fsp3) is 1.00.